The minimum atomic E-state index is -0.455. The van der Waals surface area contributed by atoms with Gasteiger partial charge in [0.2, 0.25) is 0 Å². The summed E-state index contributed by atoms with van der Waals surface area (Å²) in [5.74, 6) is -0.0488. The second kappa shape index (κ2) is 4.96. The highest BCUT2D eigenvalue weighted by atomic mass is 19.1. The van der Waals surface area contributed by atoms with Gasteiger partial charge in [-0.2, -0.15) is 0 Å². The number of halogens is 1. The van der Waals surface area contributed by atoms with Gasteiger partial charge in [0.1, 0.15) is 11.6 Å². The Morgan fingerprint density at radius 1 is 1.33 bits per heavy atom. The van der Waals surface area contributed by atoms with Gasteiger partial charge in [-0.05, 0) is 36.8 Å². The Morgan fingerprint density at radius 2 is 2.11 bits per heavy atom. The number of hydrogen-bond donors (Lipinski definition) is 0. The average molecular weight is 245 g/mol. The van der Waals surface area contributed by atoms with Crippen LogP contribution in [-0.4, -0.2) is 17.9 Å². The molecule has 18 heavy (non-hydrogen) atoms. The summed E-state index contributed by atoms with van der Waals surface area (Å²) in [5, 5.41) is 0. The Labute approximate surface area is 104 Å². The predicted octanol–water partition coefficient (Wildman–Crippen LogP) is 3.10. The summed E-state index contributed by atoms with van der Waals surface area (Å²) in [5.41, 5.74) is 1.56. The van der Waals surface area contributed by atoms with Gasteiger partial charge in [-0.3, -0.25) is 9.78 Å². The maximum atomic E-state index is 13.5. The standard InChI is InChI=1S/C14H12FNO2/c1-9(17)10-5-11(7-12(15)6-10)13-8-16-4-3-14(13)18-2/h3-8H,1-2H3. The number of ketones is 1. The number of carbonyl (C=O) groups is 1. The Balaban J connectivity index is 2.60. The lowest BCUT2D eigenvalue weighted by Gasteiger charge is -2.08. The van der Waals surface area contributed by atoms with Crippen molar-refractivity contribution in [2.24, 2.45) is 0 Å². The number of benzene rings is 1. The molecule has 0 atom stereocenters. The molecule has 0 unspecified atom stereocenters. The molecule has 3 nitrogen and oxygen atoms in total. The summed E-state index contributed by atoms with van der Waals surface area (Å²) in [6, 6.07) is 5.89. The van der Waals surface area contributed by atoms with Crippen molar-refractivity contribution in [3.05, 3.63) is 48.0 Å². The first-order chi connectivity index (χ1) is 8.61. The van der Waals surface area contributed by atoms with Crippen LogP contribution in [0.1, 0.15) is 17.3 Å². The van der Waals surface area contributed by atoms with Gasteiger partial charge >= 0.3 is 0 Å². The SMILES string of the molecule is COc1ccncc1-c1cc(F)cc(C(C)=O)c1. The van der Waals surface area contributed by atoms with E-state index in [0.717, 1.165) is 0 Å². The van der Waals surface area contributed by atoms with Crippen molar-refractivity contribution in [1.82, 2.24) is 4.98 Å². The summed E-state index contributed by atoms with van der Waals surface area (Å²) in [7, 11) is 1.53. The van der Waals surface area contributed by atoms with Crippen molar-refractivity contribution in [3.8, 4) is 16.9 Å². The molecule has 0 saturated carbocycles. The highest BCUT2D eigenvalue weighted by Gasteiger charge is 2.10. The first kappa shape index (κ1) is 12.2. The topological polar surface area (TPSA) is 39.2 Å². The van der Waals surface area contributed by atoms with E-state index in [2.05, 4.69) is 4.98 Å². The molecule has 2 rings (SSSR count). The first-order valence-corrected chi connectivity index (χ1v) is 5.41. The number of hydrogen-bond acceptors (Lipinski definition) is 3. The Morgan fingerprint density at radius 3 is 2.78 bits per heavy atom. The number of carbonyl (C=O) groups excluding carboxylic acids is 1. The summed E-state index contributed by atoms with van der Waals surface area (Å²) >= 11 is 0. The Kier molecular flexibility index (Phi) is 3.37. The first-order valence-electron chi connectivity index (χ1n) is 5.41. The van der Waals surface area contributed by atoms with E-state index in [1.165, 1.54) is 26.2 Å². The molecule has 0 aliphatic heterocycles. The molecule has 0 amide bonds. The number of aromatic nitrogens is 1. The summed E-state index contributed by atoms with van der Waals surface area (Å²) in [4.78, 5) is 15.3. The van der Waals surface area contributed by atoms with Gasteiger partial charge in [0.15, 0.2) is 5.78 Å². The average Bonchev–Trinajstić information content (AvgIpc) is 2.38. The van der Waals surface area contributed by atoms with Gasteiger partial charge < -0.3 is 4.74 Å². The summed E-state index contributed by atoms with van der Waals surface area (Å²) in [6.07, 6.45) is 3.17. The quantitative estimate of drug-likeness (QED) is 0.780. The molecule has 0 N–H and O–H groups in total. The van der Waals surface area contributed by atoms with E-state index in [1.54, 1.807) is 24.5 Å². The van der Waals surface area contributed by atoms with E-state index < -0.39 is 5.82 Å². The fourth-order valence-corrected chi connectivity index (χ4v) is 1.72. The minimum Gasteiger partial charge on any atom is -0.496 e. The number of methoxy groups -OCH3 is 1. The zero-order valence-corrected chi connectivity index (χ0v) is 10.1. The molecule has 0 bridgehead atoms. The van der Waals surface area contributed by atoms with Crippen LogP contribution in [0.3, 0.4) is 0 Å². The zero-order chi connectivity index (χ0) is 13.1. The van der Waals surface area contributed by atoms with Crippen LogP contribution < -0.4 is 4.74 Å². The third-order valence-electron chi connectivity index (χ3n) is 2.62. The molecule has 0 fully saturated rings. The second-order valence-corrected chi connectivity index (χ2v) is 3.86. The smallest absolute Gasteiger partial charge is 0.159 e. The highest BCUT2D eigenvalue weighted by molar-refractivity contribution is 5.95. The van der Waals surface area contributed by atoms with Crippen LogP contribution in [0.2, 0.25) is 0 Å². The lowest BCUT2D eigenvalue weighted by Crippen LogP contribution is -1.95. The van der Waals surface area contributed by atoms with Crippen molar-refractivity contribution in [1.29, 1.82) is 0 Å². The van der Waals surface area contributed by atoms with Crippen LogP contribution in [0.5, 0.6) is 5.75 Å². The molecule has 0 saturated heterocycles. The molecule has 1 heterocycles. The molecule has 0 spiro atoms. The van der Waals surface area contributed by atoms with Gasteiger partial charge in [-0.15, -0.1) is 0 Å². The molecule has 1 aromatic carbocycles. The van der Waals surface area contributed by atoms with Crippen molar-refractivity contribution >= 4 is 5.78 Å². The number of Topliss-reactive ketones (excluding diaryl/α,β-unsaturated/α-hetero) is 1. The maximum Gasteiger partial charge on any atom is 0.159 e. The van der Waals surface area contributed by atoms with Gasteiger partial charge in [0.25, 0.3) is 0 Å². The number of pyridine rings is 1. The largest absolute Gasteiger partial charge is 0.496 e. The minimum absolute atomic E-state index is 0.182. The van der Waals surface area contributed by atoms with Crippen LogP contribution >= 0.6 is 0 Å². The van der Waals surface area contributed by atoms with Gasteiger partial charge in [-0.1, -0.05) is 0 Å². The Hall–Kier alpha value is -2.23. The molecule has 0 aliphatic carbocycles. The fraction of sp³-hybridized carbons (Fsp3) is 0.143. The molecule has 0 radical (unpaired) electrons. The predicted molar refractivity (Wildman–Crippen MR) is 66.2 cm³/mol. The third-order valence-corrected chi connectivity index (χ3v) is 2.62. The molecule has 0 aliphatic rings. The van der Waals surface area contributed by atoms with E-state index >= 15 is 0 Å². The molecular weight excluding hydrogens is 233 g/mol. The van der Waals surface area contributed by atoms with E-state index in [0.29, 0.717) is 22.4 Å². The second-order valence-electron chi connectivity index (χ2n) is 3.86. The van der Waals surface area contributed by atoms with E-state index in [9.17, 15) is 9.18 Å². The van der Waals surface area contributed by atoms with Crippen molar-refractivity contribution in [2.45, 2.75) is 6.92 Å². The maximum absolute atomic E-state index is 13.5. The van der Waals surface area contributed by atoms with Gasteiger partial charge in [0.05, 0.1) is 7.11 Å². The van der Waals surface area contributed by atoms with Crippen molar-refractivity contribution in [2.75, 3.05) is 7.11 Å². The third kappa shape index (κ3) is 2.37. The highest BCUT2D eigenvalue weighted by Crippen LogP contribution is 2.29. The van der Waals surface area contributed by atoms with Gasteiger partial charge in [-0.25, -0.2) is 4.39 Å². The van der Waals surface area contributed by atoms with Crippen LogP contribution in [0.25, 0.3) is 11.1 Å². The van der Waals surface area contributed by atoms with Crippen LogP contribution in [-0.2, 0) is 0 Å². The van der Waals surface area contributed by atoms with Crippen LogP contribution in [0, 0.1) is 5.82 Å². The number of nitrogens with zero attached hydrogens (tertiary/aromatic N) is 1. The Bertz CT molecular complexity index is 596. The molecule has 1 aromatic heterocycles. The zero-order valence-electron chi connectivity index (χ0n) is 10.1. The number of rotatable bonds is 3. The summed E-state index contributed by atoms with van der Waals surface area (Å²) in [6.45, 7) is 1.40. The van der Waals surface area contributed by atoms with E-state index in [-0.39, 0.29) is 5.78 Å². The van der Waals surface area contributed by atoms with Crippen LogP contribution in [0.4, 0.5) is 4.39 Å². The van der Waals surface area contributed by atoms with Gasteiger partial charge in [0, 0.05) is 23.5 Å². The molecular formula is C14H12FNO2. The normalized spacial score (nSPS) is 10.2. The molecule has 92 valence electrons. The van der Waals surface area contributed by atoms with Crippen LogP contribution in [0.15, 0.2) is 36.7 Å². The van der Waals surface area contributed by atoms with Crippen molar-refractivity contribution < 1.29 is 13.9 Å². The van der Waals surface area contributed by atoms with Crippen molar-refractivity contribution in [3.63, 3.8) is 0 Å². The van der Waals surface area contributed by atoms with E-state index in [4.69, 9.17) is 4.74 Å². The number of ether oxygens (including phenoxy) is 1. The van der Waals surface area contributed by atoms with E-state index in [1.807, 2.05) is 0 Å². The fourth-order valence-electron chi connectivity index (χ4n) is 1.72. The molecule has 2 aromatic rings. The molecule has 4 heteroatoms. The lowest BCUT2D eigenvalue weighted by atomic mass is 10.0. The monoisotopic (exact) mass is 245 g/mol. The summed E-state index contributed by atoms with van der Waals surface area (Å²) < 4.78 is 18.7. The lowest BCUT2D eigenvalue weighted by molar-refractivity contribution is 0.101.